The lowest BCUT2D eigenvalue weighted by Gasteiger charge is -2.37. The number of benzene rings is 1. The lowest BCUT2D eigenvalue weighted by molar-refractivity contribution is -0.138. The molecule has 0 bridgehead atoms. The zero-order valence-electron chi connectivity index (χ0n) is 15.3. The van der Waals surface area contributed by atoms with Gasteiger partial charge in [-0.1, -0.05) is 12.1 Å². The van der Waals surface area contributed by atoms with Crippen LogP contribution in [0.25, 0.3) is 0 Å². The number of piperidine rings is 2. The largest absolute Gasteiger partial charge is 0.341 e. The Bertz CT molecular complexity index is 640. The Balaban J connectivity index is 0.00000243. The topological polar surface area (TPSA) is 78.7 Å². The fourth-order valence-corrected chi connectivity index (χ4v) is 3.76. The van der Waals surface area contributed by atoms with Gasteiger partial charge in [0.05, 0.1) is 5.92 Å². The number of nitrogens with two attached hydrogens (primary N) is 1. The van der Waals surface area contributed by atoms with Crippen LogP contribution in [-0.4, -0.2) is 54.0 Å². The molecule has 2 heterocycles. The Morgan fingerprint density at radius 2 is 1.85 bits per heavy atom. The van der Waals surface area contributed by atoms with Gasteiger partial charge in [0, 0.05) is 37.9 Å². The molecule has 1 aromatic carbocycles. The highest BCUT2D eigenvalue weighted by Crippen LogP contribution is 2.22. The van der Waals surface area contributed by atoms with Gasteiger partial charge in [-0.2, -0.15) is 0 Å². The molecule has 0 aromatic heterocycles. The first-order valence-corrected chi connectivity index (χ1v) is 9.20. The Morgan fingerprint density at radius 1 is 1.12 bits per heavy atom. The maximum absolute atomic E-state index is 12.8. The molecule has 2 atom stereocenters. The van der Waals surface area contributed by atoms with Crippen molar-refractivity contribution in [3.05, 3.63) is 29.8 Å². The second kappa shape index (κ2) is 9.24. The number of rotatable bonds is 2. The van der Waals surface area contributed by atoms with Crippen LogP contribution in [0, 0.1) is 12.8 Å². The van der Waals surface area contributed by atoms with E-state index >= 15 is 0 Å². The SMILES string of the molecule is Cc1cccc(NC(=O)N2CCCC(C(=O)N3CCCC(N)C3)C2)c1.Cl. The Labute approximate surface area is 161 Å². The van der Waals surface area contributed by atoms with Gasteiger partial charge in [-0.25, -0.2) is 4.79 Å². The van der Waals surface area contributed by atoms with E-state index in [1.54, 1.807) is 4.90 Å². The third-order valence-electron chi connectivity index (χ3n) is 5.10. The molecule has 26 heavy (non-hydrogen) atoms. The van der Waals surface area contributed by atoms with Gasteiger partial charge < -0.3 is 20.9 Å². The van der Waals surface area contributed by atoms with Gasteiger partial charge in [0.15, 0.2) is 0 Å². The number of hydrogen-bond acceptors (Lipinski definition) is 3. The summed E-state index contributed by atoms with van der Waals surface area (Å²) in [4.78, 5) is 29.0. The summed E-state index contributed by atoms with van der Waals surface area (Å²) < 4.78 is 0. The number of urea groups is 1. The average molecular weight is 381 g/mol. The lowest BCUT2D eigenvalue weighted by atomic mass is 9.95. The van der Waals surface area contributed by atoms with Gasteiger partial charge in [-0.15, -0.1) is 12.4 Å². The minimum absolute atomic E-state index is 0. The van der Waals surface area contributed by atoms with E-state index in [0.29, 0.717) is 19.6 Å². The number of amides is 3. The quantitative estimate of drug-likeness (QED) is 0.827. The average Bonchev–Trinajstić information content (AvgIpc) is 2.61. The van der Waals surface area contributed by atoms with Crippen molar-refractivity contribution < 1.29 is 9.59 Å². The highest BCUT2D eigenvalue weighted by atomic mass is 35.5. The Morgan fingerprint density at radius 3 is 2.58 bits per heavy atom. The van der Waals surface area contributed by atoms with Crippen molar-refractivity contribution in [2.24, 2.45) is 11.7 Å². The standard InChI is InChI=1S/C19H28N4O2.ClH/c1-14-5-2-8-17(11-14)21-19(25)23-10-3-6-15(12-23)18(24)22-9-4-7-16(20)13-22;/h2,5,8,11,15-16H,3-4,6-7,9-10,12-13,20H2,1H3,(H,21,25);1H. The summed E-state index contributed by atoms with van der Waals surface area (Å²) in [7, 11) is 0. The molecule has 2 fully saturated rings. The van der Waals surface area contributed by atoms with Crippen LogP contribution in [-0.2, 0) is 4.79 Å². The van der Waals surface area contributed by atoms with Crippen LogP contribution < -0.4 is 11.1 Å². The highest BCUT2D eigenvalue weighted by molar-refractivity contribution is 5.90. The summed E-state index contributed by atoms with van der Waals surface area (Å²) >= 11 is 0. The summed E-state index contributed by atoms with van der Waals surface area (Å²) in [5, 5.41) is 2.94. The van der Waals surface area contributed by atoms with Crippen molar-refractivity contribution >= 4 is 30.0 Å². The number of aryl methyl sites for hydroxylation is 1. The molecule has 3 rings (SSSR count). The van der Waals surface area contributed by atoms with Crippen LogP contribution in [0.5, 0.6) is 0 Å². The molecular weight excluding hydrogens is 352 g/mol. The van der Waals surface area contributed by atoms with E-state index in [-0.39, 0.29) is 36.3 Å². The molecule has 2 aliphatic heterocycles. The van der Waals surface area contributed by atoms with Crippen LogP contribution in [0.15, 0.2) is 24.3 Å². The lowest BCUT2D eigenvalue weighted by Crippen LogP contribution is -2.52. The van der Waals surface area contributed by atoms with E-state index in [1.165, 1.54) is 0 Å². The maximum Gasteiger partial charge on any atom is 0.321 e. The first kappa shape index (κ1) is 20.5. The van der Waals surface area contributed by atoms with E-state index in [1.807, 2.05) is 36.1 Å². The molecule has 0 aliphatic carbocycles. The maximum atomic E-state index is 12.8. The van der Waals surface area contributed by atoms with Crippen LogP contribution >= 0.6 is 12.4 Å². The third-order valence-corrected chi connectivity index (χ3v) is 5.10. The second-order valence-corrected chi connectivity index (χ2v) is 7.27. The van der Waals surface area contributed by atoms with Crippen molar-refractivity contribution in [1.29, 1.82) is 0 Å². The summed E-state index contributed by atoms with van der Waals surface area (Å²) in [6.45, 7) is 4.61. The molecule has 3 N–H and O–H groups in total. The fourth-order valence-electron chi connectivity index (χ4n) is 3.76. The first-order chi connectivity index (χ1) is 12.0. The molecule has 3 amide bonds. The summed E-state index contributed by atoms with van der Waals surface area (Å²) in [6.07, 6.45) is 3.66. The number of nitrogens with one attached hydrogen (secondary N) is 1. The number of nitrogens with zero attached hydrogens (tertiary/aromatic N) is 2. The molecule has 2 unspecified atom stereocenters. The van der Waals surface area contributed by atoms with Crippen LogP contribution in [0.2, 0.25) is 0 Å². The summed E-state index contributed by atoms with van der Waals surface area (Å²) in [6, 6.07) is 7.70. The minimum atomic E-state index is -0.126. The van der Waals surface area contributed by atoms with Crippen molar-refractivity contribution in [3.63, 3.8) is 0 Å². The number of halogens is 1. The molecule has 7 heteroatoms. The second-order valence-electron chi connectivity index (χ2n) is 7.27. The van der Waals surface area contributed by atoms with Crippen molar-refractivity contribution in [2.75, 3.05) is 31.5 Å². The van der Waals surface area contributed by atoms with Crippen LogP contribution in [0.4, 0.5) is 10.5 Å². The predicted molar refractivity (Wildman–Crippen MR) is 106 cm³/mol. The van der Waals surface area contributed by atoms with E-state index in [4.69, 9.17) is 5.73 Å². The molecular formula is C19H29ClN4O2. The Hall–Kier alpha value is -1.79. The normalized spacial score (nSPS) is 23.2. The number of likely N-dealkylation sites (tertiary alicyclic amines) is 2. The monoisotopic (exact) mass is 380 g/mol. The van der Waals surface area contributed by atoms with Gasteiger partial charge in [-0.3, -0.25) is 4.79 Å². The zero-order valence-corrected chi connectivity index (χ0v) is 16.1. The van der Waals surface area contributed by atoms with Crippen LogP contribution in [0.3, 0.4) is 0 Å². The molecule has 2 saturated heterocycles. The van der Waals surface area contributed by atoms with Gasteiger partial charge in [-0.05, 0) is 50.3 Å². The molecule has 0 saturated carbocycles. The summed E-state index contributed by atoms with van der Waals surface area (Å²) in [5.41, 5.74) is 7.89. The van der Waals surface area contributed by atoms with Gasteiger partial charge >= 0.3 is 6.03 Å². The molecule has 1 aromatic rings. The van der Waals surface area contributed by atoms with E-state index < -0.39 is 0 Å². The van der Waals surface area contributed by atoms with E-state index in [9.17, 15) is 9.59 Å². The zero-order chi connectivity index (χ0) is 17.8. The number of carbonyl (C=O) groups excluding carboxylic acids is 2. The number of hydrogen-bond donors (Lipinski definition) is 2. The smallest absolute Gasteiger partial charge is 0.321 e. The Kier molecular flexibility index (Phi) is 7.29. The third kappa shape index (κ3) is 5.11. The fraction of sp³-hybridized carbons (Fsp3) is 0.579. The highest BCUT2D eigenvalue weighted by Gasteiger charge is 2.32. The van der Waals surface area contributed by atoms with Crippen molar-refractivity contribution in [3.8, 4) is 0 Å². The van der Waals surface area contributed by atoms with E-state index in [0.717, 1.165) is 43.5 Å². The molecule has 2 aliphatic rings. The summed E-state index contributed by atoms with van der Waals surface area (Å²) in [5.74, 6) is 0.0468. The molecule has 6 nitrogen and oxygen atoms in total. The minimum Gasteiger partial charge on any atom is -0.341 e. The van der Waals surface area contributed by atoms with Crippen molar-refractivity contribution in [2.45, 2.75) is 38.6 Å². The molecule has 0 spiro atoms. The molecule has 0 radical (unpaired) electrons. The van der Waals surface area contributed by atoms with Crippen molar-refractivity contribution in [1.82, 2.24) is 9.80 Å². The van der Waals surface area contributed by atoms with Gasteiger partial charge in [0.25, 0.3) is 0 Å². The first-order valence-electron chi connectivity index (χ1n) is 9.20. The number of anilines is 1. The van der Waals surface area contributed by atoms with Gasteiger partial charge in [0.1, 0.15) is 0 Å². The van der Waals surface area contributed by atoms with Gasteiger partial charge in [0.2, 0.25) is 5.91 Å². The predicted octanol–water partition coefficient (Wildman–Crippen LogP) is 2.61. The number of carbonyl (C=O) groups is 2. The van der Waals surface area contributed by atoms with Crippen LogP contribution in [0.1, 0.15) is 31.2 Å². The van der Waals surface area contributed by atoms with E-state index in [2.05, 4.69) is 5.32 Å². The molecule has 144 valence electrons.